The molecule has 4 nitrogen and oxygen atoms in total. The number of hydrogen-bond donors (Lipinski definition) is 1. The van der Waals surface area contributed by atoms with Crippen molar-refractivity contribution in [2.75, 3.05) is 0 Å². The molecule has 1 aliphatic carbocycles. The molecule has 0 bridgehead atoms. The van der Waals surface area contributed by atoms with Gasteiger partial charge in [-0.05, 0) is 19.3 Å². The van der Waals surface area contributed by atoms with Crippen LogP contribution in [-0.4, -0.2) is 16.3 Å². The smallest absolute Gasteiger partial charge is 0.329 e. The Labute approximate surface area is 109 Å². The summed E-state index contributed by atoms with van der Waals surface area (Å²) in [5, 5.41) is 3.10. The molecule has 1 aromatic rings. The van der Waals surface area contributed by atoms with Crippen LogP contribution in [-0.2, 0) is 11.7 Å². The molecule has 1 saturated carbocycles. The zero-order valence-electron chi connectivity index (χ0n) is 10.1. The second-order valence-corrected chi connectivity index (χ2v) is 4.91. The highest BCUT2D eigenvalue weighted by molar-refractivity contribution is 5.08. The molecule has 1 aromatic heterocycles. The standard InChI is InChI=1S/C10H11F6N3O/c11-9(12,13)5-2-1-3-8(17,4-5)6-18-7(20-19-6)10(14,15)16/h5H,1-4,17H2. The topological polar surface area (TPSA) is 64.9 Å². The average molecular weight is 303 g/mol. The molecule has 20 heavy (non-hydrogen) atoms. The molecular weight excluding hydrogens is 292 g/mol. The second kappa shape index (κ2) is 4.61. The van der Waals surface area contributed by atoms with Gasteiger partial charge in [0.05, 0.1) is 11.5 Å². The van der Waals surface area contributed by atoms with Gasteiger partial charge in [0.25, 0.3) is 0 Å². The van der Waals surface area contributed by atoms with Crippen molar-refractivity contribution in [2.24, 2.45) is 11.7 Å². The molecule has 10 heteroatoms. The normalized spacial score (nSPS) is 28.6. The summed E-state index contributed by atoms with van der Waals surface area (Å²) in [5.41, 5.74) is 4.12. The van der Waals surface area contributed by atoms with Gasteiger partial charge in [-0.25, -0.2) is 0 Å². The van der Waals surface area contributed by atoms with E-state index in [0.29, 0.717) is 0 Å². The van der Waals surface area contributed by atoms with Gasteiger partial charge in [-0.3, -0.25) is 0 Å². The van der Waals surface area contributed by atoms with E-state index in [4.69, 9.17) is 5.73 Å². The highest BCUT2D eigenvalue weighted by atomic mass is 19.4. The summed E-state index contributed by atoms with van der Waals surface area (Å²) < 4.78 is 79.1. The molecular formula is C10H11F6N3O. The number of rotatable bonds is 1. The molecule has 114 valence electrons. The number of alkyl halides is 6. The van der Waals surface area contributed by atoms with Crippen LogP contribution in [0.15, 0.2) is 4.52 Å². The van der Waals surface area contributed by atoms with Crippen molar-refractivity contribution in [3.8, 4) is 0 Å². The minimum Gasteiger partial charge on any atom is -0.329 e. The van der Waals surface area contributed by atoms with E-state index in [1.807, 2.05) is 0 Å². The van der Waals surface area contributed by atoms with Crippen LogP contribution in [0.1, 0.15) is 37.4 Å². The first-order valence-electron chi connectivity index (χ1n) is 5.79. The van der Waals surface area contributed by atoms with Gasteiger partial charge in [0.2, 0.25) is 0 Å². The summed E-state index contributed by atoms with van der Waals surface area (Å²) in [6.45, 7) is 0. The maximum atomic E-state index is 12.7. The lowest BCUT2D eigenvalue weighted by atomic mass is 9.75. The Bertz CT molecular complexity index is 482. The lowest BCUT2D eigenvalue weighted by molar-refractivity contribution is -0.187. The first-order valence-corrected chi connectivity index (χ1v) is 5.79. The third-order valence-corrected chi connectivity index (χ3v) is 3.36. The summed E-state index contributed by atoms with van der Waals surface area (Å²) >= 11 is 0. The Hall–Kier alpha value is -1.32. The van der Waals surface area contributed by atoms with Gasteiger partial charge in [0, 0.05) is 0 Å². The van der Waals surface area contributed by atoms with E-state index >= 15 is 0 Å². The average Bonchev–Trinajstić information content (AvgIpc) is 2.77. The summed E-state index contributed by atoms with van der Waals surface area (Å²) in [6, 6.07) is 0. The minimum atomic E-state index is -4.85. The van der Waals surface area contributed by atoms with Crippen LogP contribution in [0.3, 0.4) is 0 Å². The molecule has 0 aliphatic heterocycles. The number of aromatic nitrogens is 2. The predicted octanol–water partition coefficient (Wildman–Crippen LogP) is 2.99. The number of nitrogens with two attached hydrogens (primary N) is 1. The third kappa shape index (κ3) is 2.89. The summed E-state index contributed by atoms with van der Waals surface area (Å²) in [6.07, 6.45) is -9.73. The Balaban J connectivity index is 2.24. The van der Waals surface area contributed by atoms with Crippen molar-refractivity contribution in [3.05, 3.63) is 11.7 Å². The van der Waals surface area contributed by atoms with Crippen molar-refractivity contribution in [1.82, 2.24) is 10.1 Å². The summed E-state index contributed by atoms with van der Waals surface area (Å²) in [5.74, 6) is -3.81. The van der Waals surface area contributed by atoms with Gasteiger partial charge in [0.1, 0.15) is 0 Å². The van der Waals surface area contributed by atoms with Gasteiger partial charge in [0.15, 0.2) is 5.82 Å². The Morgan fingerprint density at radius 3 is 2.35 bits per heavy atom. The van der Waals surface area contributed by atoms with E-state index in [1.165, 1.54) is 0 Å². The Morgan fingerprint density at radius 1 is 1.20 bits per heavy atom. The Morgan fingerprint density at radius 2 is 1.85 bits per heavy atom. The largest absolute Gasteiger partial charge is 0.471 e. The molecule has 0 spiro atoms. The van der Waals surface area contributed by atoms with Crippen molar-refractivity contribution >= 4 is 0 Å². The minimum absolute atomic E-state index is 0.0798. The molecule has 2 rings (SSSR count). The molecule has 1 aliphatic rings. The maximum Gasteiger partial charge on any atom is 0.471 e. The van der Waals surface area contributed by atoms with Crippen LogP contribution in [0.5, 0.6) is 0 Å². The third-order valence-electron chi connectivity index (χ3n) is 3.36. The van der Waals surface area contributed by atoms with Crippen molar-refractivity contribution in [1.29, 1.82) is 0 Å². The van der Waals surface area contributed by atoms with Gasteiger partial charge in [-0.1, -0.05) is 11.6 Å². The zero-order chi connectivity index (χ0) is 15.2. The van der Waals surface area contributed by atoms with Crippen LogP contribution in [0.25, 0.3) is 0 Å². The highest BCUT2D eigenvalue weighted by Gasteiger charge is 2.49. The van der Waals surface area contributed by atoms with Crippen LogP contribution in [0, 0.1) is 5.92 Å². The van der Waals surface area contributed by atoms with Gasteiger partial charge in [-0.15, -0.1) is 0 Å². The van der Waals surface area contributed by atoms with Crippen LogP contribution >= 0.6 is 0 Å². The van der Waals surface area contributed by atoms with E-state index < -0.39 is 41.9 Å². The predicted molar refractivity (Wildman–Crippen MR) is 53.2 cm³/mol. The van der Waals surface area contributed by atoms with Crippen molar-refractivity contribution < 1.29 is 30.9 Å². The number of nitrogens with zero attached hydrogens (tertiary/aromatic N) is 2. The second-order valence-electron chi connectivity index (χ2n) is 4.91. The number of halogens is 6. The van der Waals surface area contributed by atoms with Gasteiger partial charge >= 0.3 is 18.2 Å². The fraction of sp³-hybridized carbons (Fsp3) is 0.800. The maximum absolute atomic E-state index is 12.7. The molecule has 1 fully saturated rings. The van der Waals surface area contributed by atoms with Crippen LogP contribution in [0.4, 0.5) is 26.3 Å². The quantitative estimate of drug-likeness (QED) is 0.810. The fourth-order valence-corrected chi connectivity index (χ4v) is 2.33. The van der Waals surface area contributed by atoms with E-state index in [9.17, 15) is 26.3 Å². The molecule has 2 N–H and O–H groups in total. The van der Waals surface area contributed by atoms with E-state index in [0.717, 1.165) is 0 Å². The Kier molecular flexibility index (Phi) is 3.47. The van der Waals surface area contributed by atoms with E-state index in [1.54, 1.807) is 0 Å². The molecule has 2 unspecified atom stereocenters. The summed E-state index contributed by atoms with van der Waals surface area (Å²) in [4.78, 5) is 3.10. The molecule has 1 heterocycles. The zero-order valence-corrected chi connectivity index (χ0v) is 10.1. The molecule has 2 atom stereocenters. The van der Waals surface area contributed by atoms with Crippen LogP contribution in [0.2, 0.25) is 0 Å². The SMILES string of the molecule is NC1(c2noc(C(F)(F)F)n2)CCCC(C(F)(F)F)C1. The molecule has 0 saturated heterocycles. The number of hydrogen-bond acceptors (Lipinski definition) is 4. The van der Waals surface area contributed by atoms with Crippen molar-refractivity contribution in [3.63, 3.8) is 0 Å². The fourth-order valence-electron chi connectivity index (χ4n) is 2.33. The molecule has 0 radical (unpaired) electrons. The highest BCUT2D eigenvalue weighted by Crippen LogP contribution is 2.44. The first kappa shape index (κ1) is 15.1. The molecule has 0 amide bonds. The monoisotopic (exact) mass is 303 g/mol. The van der Waals surface area contributed by atoms with Gasteiger partial charge in [-0.2, -0.15) is 31.3 Å². The lowest BCUT2D eigenvalue weighted by Crippen LogP contribution is -2.45. The first-order chi connectivity index (χ1) is 9.02. The van der Waals surface area contributed by atoms with Crippen molar-refractivity contribution in [2.45, 2.75) is 43.6 Å². The molecule has 0 aromatic carbocycles. The van der Waals surface area contributed by atoms with Crippen LogP contribution < -0.4 is 5.73 Å². The van der Waals surface area contributed by atoms with E-state index in [-0.39, 0.29) is 19.3 Å². The van der Waals surface area contributed by atoms with Gasteiger partial charge < -0.3 is 10.3 Å². The van der Waals surface area contributed by atoms with E-state index in [2.05, 4.69) is 14.7 Å². The summed E-state index contributed by atoms with van der Waals surface area (Å²) in [7, 11) is 0. The lowest BCUT2D eigenvalue weighted by Gasteiger charge is -2.36.